The van der Waals surface area contributed by atoms with Crippen LogP contribution in [0, 0.1) is 0 Å². The number of ether oxygens (including phenoxy) is 2. The van der Waals surface area contributed by atoms with Gasteiger partial charge in [-0.05, 0) is 48.4 Å². The third kappa shape index (κ3) is 7.65. The number of hydrogen-bond acceptors (Lipinski definition) is 5. The summed E-state index contributed by atoms with van der Waals surface area (Å²) in [5.74, 6) is 0.813. The summed E-state index contributed by atoms with van der Waals surface area (Å²) >= 11 is 5.89. The minimum atomic E-state index is 0.0951. The fraction of sp³-hybridized carbons (Fsp3) is 0.455. The highest BCUT2D eigenvalue weighted by Gasteiger charge is 2.16. The lowest BCUT2D eigenvalue weighted by Crippen LogP contribution is -2.39. The largest absolute Gasteiger partial charge is 0.493 e. The monoisotopic (exact) mass is 417 g/mol. The molecule has 7 heteroatoms. The Balaban J connectivity index is 1.49. The lowest BCUT2D eigenvalue weighted by molar-refractivity contribution is -0.132. The minimum absolute atomic E-state index is 0.0951. The molecule has 1 aliphatic rings. The van der Waals surface area contributed by atoms with E-state index in [1.807, 2.05) is 29.2 Å². The third-order valence-electron chi connectivity index (χ3n) is 4.88. The molecule has 1 fully saturated rings. The van der Waals surface area contributed by atoms with Crippen LogP contribution >= 0.6 is 11.6 Å². The van der Waals surface area contributed by atoms with Gasteiger partial charge in [0.1, 0.15) is 5.75 Å². The van der Waals surface area contributed by atoms with Crippen molar-refractivity contribution in [1.82, 2.24) is 14.8 Å². The molecule has 2 heterocycles. The number of nitrogens with zero attached hydrogens (tertiary/aromatic N) is 3. The van der Waals surface area contributed by atoms with Gasteiger partial charge in [-0.15, -0.1) is 0 Å². The van der Waals surface area contributed by atoms with Crippen LogP contribution in [0.2, 0.25) is 5.02 Å². The van der Waals surface area contributed by atoms with E-state index in [4.69, 9.17) is 21.1 Å². The molecule has 0 saturated carbocycles. The maximum absolute atomic E-state index is 12.8. The lowest BCUT2D eigenvalue weighted by Gasteiger charge is -2.28. The second kappa shape index (κ2) is 11.8. The highest BCUT2D eigenvalue weighted by molar-refractivity contribution is 6.30. The standard InChI is InChI=1S/C22H28ClN3O3/c23-20-2-4-21(5-3-20)29-15-8-22(27)26(18-19-6-9-24-10-7-19)12-1-11-25-13-16-28-17-14-25/h2-7,9-10H,1,8,11-18H2. The molecule has 6 nitrogen and oxygen atoms in total. The van der Waals surface area contributed by atoms with Crippen molar-refractivity contribution in [2.45, 2.75) is 19.4 Å². The number of rotatable bonds is 10. The molecular formula is C22H28ClN3O3. The van der Waals surface area contributed by atoms with Crippen molar-refractivity contribution in [2.75, 3.05) is 46.0 Å². The molecular weight excluding hydrogens is 390 g/mol. The Bertz CT molecular complexity index is 737. The molecule has 0 atom stereocenters. The number of amides is 1. The van der Waals surface area contributed by atoms with E-state index in [1.54, 1.807) is 24.5 Å². The van der Waals surface area contributed by atoms with E-state index in [9.17, 15) is 4.79 Å². The minimum Gasteiger partial charge on any atom is -0.493 e. The van der Waals surface area contributed by atoms with Gasteiger partial charge in [0.2, 0.25) is 5.91 Å². The maximum Gasteiger partial charge on any atom is 0.226 e. The Labute approximate surface area is 177 Å². The van der Waals surface area contributed by atoms with Crippen LogP contribution in [0.4, 0.5) is 0 Å². The second-order valence-corrected chi connectivity index (χ2v) is 7.47. The lowest BCUT2D eigenvalue weighted by atomic mass is 10.2. The molecule has 0 spiro atoms. The molecule has 2 aromatic rings. The highest BCUT2D eigenvalue weighted by Crippen LogP contribution is 2.16. The van der Waals surface area contributed by atoms with Crippen LogP contribution in [0.3, 0.4) is 0 Å². The molecule has 1 amide bonds. The number of carbonyl (C=O) groups is 1. The first kappa shape index (κ1) is 21.6. The number of pyridine rings is 1. The summed E-state index contributed by atoms with van der Waals surface area (Å²) in [6.07, 6.45) is 4.80. The van der Waals surface area contributed by atoms with Gasteiger partial charge in [-0.25, -0.2) is 0 Å². The number of benzene rings is 1. The van der Waals surface area contributed by atoms with Crippen LogP contribution in [-0.2, 0) is 16.1 Å². The number of carbonyl (C=O) groups excluding carboxylic acids is 1. The van der Waals surface area contributed by atoms with Gasteiger partial charge in [0.25, 0.3) is 0 Å². The van der Waals surface area contributed by atoms with E-state index in [0.29, 0.717) is 24.6 Å². The normalized spacial score (nSPS) is 14.5. The summed E-state index contributed by atoms with van der Waals surface area (Å²) in [5, 5.41) is 0.664. The molecule has 0 unspecified atom stereocenters. The number of aromatic nitrogens is 1. The zero-order chi connectivity index (χ0) is 20.3. The van der Waals surface area contributed by atoms with E-state index in [2.05, 4.69) is 9.88 Å². The van der Waals surface area contributed by atoms with Crippen LogP contribution in [-0.4, -0.2) is 66.7 Å². The average molecular weight is 418 g/mol. The first-order chi connectivity index (χ1) is 14.2. The van der Waals surface area contributed by atoms with Crippen molar-refractivity contribution in [3.63, 3.8) is 0 Å². The average Bonchev–Trinajstić information content (AvgIpc) is 2.76. The zero-order valence-electron chi connectivity index (χ0n) is 16.6. The quantitative estimate of drug-likeness (QED) is 0.594. The van der Waals surface area contributed by atoms with Gasteiger partial charge in [0.05, 0.1) is 26.2 Å². The molecule has 1 saturated heterocycles. The molecule has 0 aliphatic carbocycles. The van der Waals surface area contributed by atoms with Gasteiger partial charge >= 0.3 is 0 Å². The molecule has 1 aromatic carbocycles. The summed E-state index contributed by atoms with van der Waals surface area (Å²) in [4.78, 5) is 21.2. The Kier molecular flexibility index (Phi) is 8.74. The summed E-state index contributed by atoms with van der Waals surface area (Å²) in [5.41, 5.74) is 1.08. The predicted octanol–water partition coefficient (Wildman–Crippen LogP) is 3.26. The third-order valence-corrected chi connectivity index (χ3v) is 5.13. The van der Waals surface area contributed by atoms with E-state index >= 15 is 0 Å². The van der Waals surface area contributed by atoms with Crippen LogP contribution in [0.15, 0.2) is 48.8 Å². The molecule has 1 aliphatic heterocycles. The van der Waals surface area contributed by atoms with Crippen LogP contribution in [0.5, 0.6) is 5.75 Å². The van der Waals surface area contributed by atoms with Crippen molar-refractivity contribution in [3.8, 4) is 5.75 Å². The van der Waals surface area contributed by atoms with Crippen LogP contribution < -0.4 is 4.74 Å². The predicted molar refractivity (Wildman–Crippen MR) is 113 cm³/mol. The summed E-state index contributed by atoms with van der Waals surface area (Å²) in [7, 11) is 0. The fourth-order valence-electron chi connectivity index (χ4n) is 3.26. The second-order valence-electron chi connectivity index (χ2n) is 7.03. The smallest absolute Gasteiger partial charge is 0.226 e. The summed E-state index contributed by atoms with van der Waals surface area (Å²) in [6, 6.07) is 11.1. The summed E-state index contributed by atoms with van der Waals surface area (Å²) in [6.45, 7) is 6.15. The van der Waals surface area contributed by atoms with Gasteiger partial charge in [0, 0.05) is 50.1 Å². The SMILES string of the molecule is O=C(CCOc1ccc(Cl)cc1)N(CCCN1CCOCC1)Cc1ccncc1. The first-order valence-electron chi connectivity index (χ1n) is 10.1. The Hall–Kier alpha value is -2.15. The van der Waals surface area contributed by atoms with Gasteiger partial charge in [-0.1, -0.05) is 11.6 Å². The Morgan fingerprint density at radius 3 is 2.59 bits per heavy atom. The topological polar surface area (TPSA) is 54.9 Å². The van der Waals surface area contributed by atoms with E-state index in [1.165, 1.54) is 0 Å². The van der Waals surface area contributed by atoms with E-state index in [-0.39, 0.29) is 5.91 Å². The molecule has 0 bridgehead atoms. The molecule has 29 heavy (non-hydrogen) atoms. The van der Waals surface area contributed by atoms with E-state index < -0.39 is 0 Å². The first-order valence-corrected chi connectivity index (χ1v) is 10.4. The van der Waals surface area contributed by atoms with Gasteiger partial charge in [-0.3, -0.25) is 14.7 Å². The van der Waals surface area contributed by atoms with Crippen LogP contribution in [0.25, 0.3) is 0 Å². The molecule has 156 valence electrons. The van der Waals surface area contributed by atoms with Crippen LogP contribution in [0.1, 0.15) is 18.4 Å². The van der Waals surface area contributed by atoms with Crippen molar-refractivity contribution in [2.24, 2.45) is 0 Å². The number of halogens is 1. The highest BCUT2D eigenvalue weighted by atomic mass is 35.5. The summed E-state index contributed by atoms with van der Waals surface area (Å²) < 4.78 is 11.1. The van der Waals surface area contributed by atoms with Gasteiger partial charge < -0.3 is 14.4 Å². The van der Waals surface area contributed by atoms with E-state index in [0.717, 1.165) is 57.1 Å². The molecule has 1 aromatic heterocycles. The van der Waals surface area contributed by atoms with Gasteiger partial charge in [-0.2, -0.15) is 0 Å². The van der Waals surface area contributed by atoms with Crippen molar-refractivity contribution in [1.29, 1.82) is 0 Å². The zero-order valence-corrected chi connectivity index (χ0v) is 17.4. The fourth-order valence-corrected chi connectivity index (χ4v) is 3.38. The number of morpholine rings is 1. The Morgan fingerprint density at radius 2 is 1.86 bits per heavy atom. The van der Waals surface area contributed by atoms with Crippen molar-refractivity contribution >= 4 is 17.5 Å². The Morgan fingerprint density at radius 1 is 1.14 bits per heavy atom. The van der Waals surface area contributed by atoms with Gasteiger partial charge in [0.15, 0.2) is 0 Å². The van der Waals surface area contributed by atoms with Crippen molar-refractivity contribution < 1.29 is 14.3 Å². The van der Waals surface area contributed by atoms with Crippen molar-refractivity contribution in [3.05, 3.63) is 59.4 Å². The molecule has 0 N–H and O–H groups in total. The molecule has 0 radical (unpaired) electrons. The maximum atomic E-state index is 12.8. The number of hydrogen-bond donors (Lipinski definition) is 0. The molecule has 3 rings (SSSR count).